The van der Waals surface area contributed by atoms with Crippen molar-refractivity contribution in [2.24, 2.45) is 11.8 Å². The van der Waals surface area contributed by atoms with E-state index in [4.69, 9.17) is 11.6 Å². The van der Waals surface area contributed by atoms with Crippen LogP contribution in [-0.2, 0) is 4.79 Å². The molecule has 2 aliphatic rings. The van der Waals surface area contributed by atoms with Gasteiger partial charge in [-0.25, -0.2) is 0 Å². The smallest absolute Gasteiger partial charge is 0.237 e. The highest BCUT2D eigenvalue weighted by atomic mass is 35.5. The molecule has 1 saturated heterocycles. The Balaban J connectivity index is 1.77. The van der Waals surface area contributed by atoms with Crippen LogP contribution in [0.1, 0.15) is 31.4 Å². The number of hydrogen-bond donors (Lipinski definition) is 2. The quantitative estimate of drug-likeness (QED) is 0.889. The van der Waals surface area contributed by atoms with Crippen LogP contribution >= 0.6 is 11.6 Å². The van der Waals surface area contributed by atoms with Gasteiger partial charge in [-0.15, -0.1) is 0 Å². The largest absolute Gasteiger partial charge is 0.355 e. The molecule has 0 bridgehead atoms. The Hall–Kier alpha value is -1.06. The predicted molar refractivity (Wildman–Crippen MR) is 76.0 cm³/mol. The van der Waals surface area contributed by atoms with Crippen molar-refractivity contribution in [3.8, 4) is 0 Å². The second-order valence-corrected chi connectivity index (χ2v) is 6.14. The molecule has 0 spiro atoms. The van der Waals surface area contributed by atoms with E-state index in [1.165, 1.54) is 12.0 Å². The number of rotatable bonds is 4. The number of carbonyl (C=O) groups is 1. The van der Waals surface area contributed by atoms with Gasteiger partial charge in [0.2, 0.25) is 5.91 Å². The number of carbonyl (C=O) groups excluding carboxylic acids is 1. The van der Waals surface area contributed by atoms with Crippen LogP contribution in [0.15, 0.2) is 24.3 Å². The van der Waals surface area contributed by atoms with E-state index in [0.29, 0.717) is 5.92 Å². The topological polar surface area (TPSA) is 41.1 Å². The molecular weight excluding hydrogens is 260 g/mol. The highest BCUT2D eigenvalue weighted by Gasteiger charge is 2.42. The van der Waals surface area contributed by atoms with Gasteiger partial charge in [-0.3, -0.25) is 10.1 Å². The van der Waals surface area contributed by atoms with Crippen molar-refractivity contribution < 1.29 is 4.79 Å². The van der Waals surface area contributed by atoms with Gasteiger partial charge in [0.1, 0.15) is 0 Å². The maximum Gasteiger partial charge on any atom is 0.237 e. The molecule has 2 N–H and O–H groups in total. The molecule has 1 amide bonds. The molecule has 2 fully saturated rings. The monoisotopic (exact) mass is 278 g/mol. The van der Waals surface area contributed by atoms with E-state index in [-0.39, 0.29) is 18.0 Å². The van der Waals surface area contributed by atoms with Crippen LogP contribution < -0.4 is 10.6 Å². The summed E-state index contributed by atoms with van der Waals surface area (Å²) in [6.07, 6.45) is 2.11. The van der Waals surface area contributed by atoms with Crippen molar-refractivity contribution in [1.82, 2.24) is 10.6 Å². The lowest BCUT2D eigenvalue weighted by Crippen LogP contribution is -2.39. The molecule has 3 nitrogen and oxygen atoms in total. The van der Waals surface area contributed by atoms with Gasteiger partial charge in [0, 0.05) is 17.6 Å². The van der Waals surface area contributed by atoms with Crippen molar-refractivity contribution in [1.29, 1.82) is 0 Å². The molecule has 0 aromatic heterocycles. The van der Waals surface area contributed by atoms with Gasteiger partial charge in [-0.1, -0.05) is 30.7 Å². The van der Waals surface area contributed by atoms with Crippen molar-refractivity contribution >= 4 is 17.5 Å². The predicted octanol–water partition coefficient (Wildman–Crippen LogP) is 2.52. The number of nitrogens with one attached hydrogen (secondary N) is 2. The van der Waals surface area contributed by atoms with Gasteiger partial charge in [-0.2, -0.15) is 0 Å². The Kier molecular flexibility index (Phi) is 3.50. The van der Waals surface area contributed by atoms with Crippen molar-refractivity contribution in [2.75, 3.05) is 6.54 Å². The van der Waals surface area contributed by atoms with Crippen LogP contribution in [-0.4, -0.2) is 18.5 Å². The lowest BCUT2D eigenvalue weighted by Gasteiger charge is -2.22. The second kappa shape index (κ2) is 5.14. The molecule has 1 heterocycles. The third kappa shape index (κ3) is 2.77. The Morgan fingerprint density at radius 3 is 2.58 bits per heavy atom. The fraction of sp³-hybridized carbons (Fsp3) is 0.533. The van der Waals surface area contributed by atoms with Crippen molar-refractivity contribution in [2.45, 2.75) is 31.8 Å². The van der Waals surface area contributed by atoms with Crippen LogP contribution in [0.5, 0.6) is 0 Å². The third-order valence-corrected chi connectivity index (χ3v) is 4.51. The maximum absolute atomic E-state index is 11.7. The maximum atomic E-state index is 11.7. The fourth-order valence-corrected chi connectivity index (χ4v) is 3.05. The molecule has 1 aliphatic carbocycles. The molecule has 4 unspecified atom stereocenters. The summed E-state index contributed by atoms with van der Waals surface area (Å²) in [5.74, 6) is 1.50. The highest BCUT2D eigenvalue weighted by Crippen LogP contribution is 2.47. The number of amides is 1. The minimum Gasteiger partial charge on any atom is -0.355 e. The SMILES string of the molecule is CC1CC1C(NC1CCNC1=O)c1ccc(Cl)cc1. The number of benzene rings is 1. The summed E-state index contributed by atoms with van der Waals surface area (Å²) in [6, 6.07) is 8.20. The molecule has 4 atom stereocenters. The summed E-state index contributed by atoms with van der Waals surface area (Å²) in [5, 5.41) is 7.18. The normalized spacial score (nSPS) is 31.1. The van der Waals surface area contributed by atoms with Gasteiger partial charge in [0.25, 0.3) is 0 Å². The molecule has 3 rings (SSSR count). The van der Waals surface area contributed by atoms with Crippen molar-refractivity contribution in [3.05, 3.63) is 34.9 Å². The number of halogens is 1. The highest BCUT2D eigenvalue weighted by molar-refractivity contribution is 6.30. The summed E-state index contributed by atoms with van der Waals surface area (Å²) in [7, 11) is 0. The fourth-order valence-electron chi connectivity index (χ4n) is 2.92. The first-order chi connectivity index (χ1) is 9.15. The molecule has 19 heavy (non-hydrogen) atoms. The standard InChI is InChI=1S/C15H19ClN2O/c1-9-8-12(9)14(10-2-4-11(16)5-3-10)18-13-6-7-17-15(13)19/h2-5,9,12-14,18H,6-8H2,1H3,(H,17,19). The van der Waals surface area contributed by atoms with Crippen LogP contribution in [0, 0.1) is 11.8 Å². The molecular formula is C15H19ClN2O. The van der Waals surface area contributed by atoms with Gasteiger partial charge in [0.05, 0.1) is 6.04 Å². The van der Waals surface area contributed by atoms with E-state index < -0.39 is 0 Å². The van der Waals surface area contributed by atoms with E-state index in [0.717, 1.165) is 23.9 Å². The Bertz CT molecular complexity index is 474. The van der Waals surface area contributed by atoms with Gasteiger partial charge >= 0.3 is 0 Å². The molecule has 1 saturated carbocycles. The zero-order valence-corrected chi connectivity index (χ0v) is 11.8. The summed E-state index contributed by atoms with van der Waals surface area (Å²) in [6.45, 7) is 3.05. The molecule has 1 aromatic rings. The van der Waals surface area contributed by atoms with Gasteiger partial charge < -0.3 is 5.32 Å². The van der Waals surface area contributed by atoms with Crippen molar-refractivity contribution in [3.63, 3.8) is 0 Å². The number of hydrogen-bond acceptors (Lipinski definition) is 2. The van der Waals surface area contributed by atoms with Crippen LogP contribution in [0.25, 0.3) is 0 Å². The van der Waals surface area contributed by atoms with Crippen LogP contribution in [0.4, 0.5) is 0 Å². The Morgan fingerprint density at radius 2 is 2.05 bits per heavy atom. The lowest BCUT2D eigenvalue weighted by molar-refractivity contribution is -0.121. The van der Waals surface area contributed by atoms with E-state index in [1.54, 1.807) is 0 Å². The van der Waals surface area contributed by atoms with E-state index in [9.17, 15) is 4.79 Å². The molecule has 1 aromatic carbocycles. The van der Waals surface area contributed by atoms with E-state index in [1.807, 2.05) is 12.1 Å². The second-order valence-electron chi connectivity index (χ2n) is 5.71. The zero-order valence-electron chi connectivity index (χ0n) is 11.0. The van der Waals surface area contributed by atoms with Crippen LogP contribution in [0.2, 0.25) is 5.02 Å². The molecule has 4 heteroatoms. The van der Waals surface area contributed by atoms with Gasteiger partial charge in [0.15, 0.2) is 0 Å². The Labute approximate surface area is 118 Å². The average Bonchev–Trinajstić information content (AvgIpc) is 2.97. The van der Waals surface area contributed by atoms with E-state index in [2.05, 4.69) is 29.7 Å². The molecule has 0 radical (unpaired) electrons. The first kappa shape index (κ1) is 12.9. The van der Waals surface area contributed by atoms with Gasteiger partial charge in [-0.05, 0) is 42.4 Å². The molecule has 1 aliphatic heterocycles. The third-order valence-electron chi connectivity index (χ3n) is 4.26. The minimum atomic E-state index is -0.0477. The minimum absolute atomic E-state index is 0.0477. The average molecular weight is 279 g/mol. The Morgan fingerprint density at radius 1 is 1.37 bits per heavy atom. The summed E-state index contributed by atoms with van der Waals surface area (Å²) >= 11 is 5.95. The summed E-state index contributed by atoms with van der Waals surface area (Å²) in [4.78, 5) is 11.7. The van der Waals surface area contributed by atoms with Crippen LogP contribution in [0.3, 0.4) is 0 Å². The summed E-state index contributed by atoms with van der Waals surface area (Å²) < 4.78 is 0. The summed E-state index contributed by atoms with van der Waals surface area (Å²) in [5.41, 5.74) is 1.23. The first-order valence-electron chi connectivity index (χ1n) is 6.94. The molecule has 102 valence electrons. The first-order valence-corrected chi connectivity index (χ1v) is 7.32. The van der Waals surface area contributed by atoms with E-state index >= 15 is 0 Å². The zero-order chi connectivity index (χ0) is 13.4. The lowest BCUT2D eigenvalue weighted by atomic mass is 9.99.